The van der Waals surface area contributed by atoms with Crippen molar-refractivity contribution in [3.63, 3.8) is 0 Å². The number of para-hydroxylation sites is 1. The van der Waals surface area contributed by atoms with Gasteiger partial charge in [-0.15, -0.1) is 0 Å². The molecule has 1 aromatic heterocycles. The van der Waals surface area contributed by atoms with Crippen LogP contribution in [0.4, 0.5) is 0 Å². The number of likely N-dealkylation sites (tertiary alicyclic amines) is 1. The van der Waals surface area contributed by atoms with E-state index in [-0.39, 0.29) is 16.9 Å². The fourth-order valence-corrected chi connectivity index (χ4v) is 4.89. The van der Waals surface area contributed by atoms with E-state index in [2.05, 4.69) is 4.98 Å². The number of aromatic amines is 1. The Balaban J connectivity index is 1.29. The zero-order valence-corrected chi connectivity index (χ0v) is 16.7. The molecule has 0 bridgehead atoms. The lowest BCUT2D eigenvalue weighted by molar-refractivity contribution is -0.134. The number of aromatic nitrogens is 2. The maximum atomic E-state index is 12.9. The molecule has 152 valence electrons. The minimum atomic E-state index is -0.151. The lowest BCUT2D eigenvalue weighted by Gasteiger charge is -2.40. The number of amides is 1. The molecule has 1 saturated heterocycles. The normalized spacial score (nSPS) is 23.2. The first-order valence-corrected chi connectivity index (χ1v) is 10.7. The van der Waals surface area contributed by atoms with Crippen LogP contribution in [0.3, 0.4) is 0 Å². The van der Waals surface area contributed by atoms with Gasteiger partial charge in [-0.3, -0.25) is 9.59 Å². The highest BCUT2D eigenvalue weighted by molar-refractivity contribution is 5.76. The smallest absolute Gasteiger partial charge is 0.254 e. The number of nitrogens with zero attached hydrogens (tertiary/aromatic N) is 2. The molecule has 1 aliphatic heterocycles. The molecule has 6 heteroatoms. The first-order chi connectivity index (χ1) is 14.1. The van der Waals surface area contributed by atoms with Crippen molar-refractivity contribution < 1.29 is 9.53 Å². The molecule has 1 atom stereocenters. The number of hydrogen-bond acceptors (Lipinski definition) is 4. The van der Waals surface area contributed by atoms with Gasteiger partial charge in [-0.1, -0.05) is 18.2 Å². The third kappa shape index (κ3) is 3.56. The van der Waals surface area contributed by atoms with Gasteiger partial charge in [0.2, 0.25) is 5.91 Å². The molecule has 1 aromatic carbocycles. The number of hydrogen-bond donors (Lipinski definition) is 1. The summed E-state index contributed by atoms with van der Waals surface area (Å²) in [5.74, 6) is 2.19. The molecule has 1 unspecified atom stereocenters. The molecular formula is C23H27N3O3. The Bertz CT molecular complexity index is 967. The summed E-state index contributed by atoms with van der Waals surface area (Å²) in [6.07, 6.45) is 6.23. The largest absolute Gasteiger partial charge is 0.493 e. The number of ether oxygens (including phenoxy) is 1. The quantitative estimate of drug-likeness (QED) is 0.848. The van der Waals surface area contributed by atoms with Crippen LogP contribution in [0, 0.1) is 0 Å². The molecule has 5 rings (SSSR count). The number of carbonyl (C=O) groups is 1. The van der Waals surface area contributed by atoms with E-state index in [1.165, 1.54) is 0 Å². The first kappa shape index (κ1) is 18.4. The van der Waals surface area contributed by atoms with Gasteiger partial charge in [0.05, 0.1) is 18.7 Å². The zero-order chi connectivity index (χ0) is 19.8. The van der Waals surface area contributed by atoms with Crippen molar-refractivity contribution in [1.82, 2.24) is 14.9 Å². The second kappa shape index (κ2) is 7.32. The highest BCUT2D eigenvalue weighted by Crippen LogP contribution is 2.45. The Kier molecular flexibility index (Phi) is 4.64. The second-order valence-corrected chi connectivity index (χ2v) is 8.66. The van der Waals surface area contributed by atoms with E-state index in [0.29, 0.717) is 25.5 Å². The van der Waals surface area contributed by atoms with Crippen molar-refractivity contribution in [3.8, 4) is 5.75 Å². The van der Waals surface area contributed by atoms with Gasteiger partial charge in [-0.25, -0.2) is 4.98 Å². The Morgan fingerprint density at radius 1 is 1.24 bits per heavy atom. The molecule has 6 nitrogen and oxygen atoms in total. The minimum Gasteiger partial charge on any atom is -0.493 e. The summed E-state index contributed by atoms with van der Waals surface area (Å²) in [7, 11) is 0. The molecule has 1 saturated carbocycles. The van der Waals surface area contributed by atoms with Crippen LogP contribution in [0.15, 0.2) is 35.1 Å². The lowest BCUT2D eigenvalue weighted by atomic mass is 9.77. The van der Waals surface area contributed by atoms with E-state index in [4.69, 9.17) is 9.72 Å². The van der Waals surface area contributed by atoms with Gasteiger partial charge in [0.15, 0.2) is 0 Å². The zero-order valence-electron chi connectivity index (χ0n) is 16.7. The molecule has 1 N–H and O–H groups in total. The van der Waals surface area contributed by atoms with E-state index in [9.17, 15) is 9.59 Å². The van der Waals surface area contributed by atoms with Gasteiger partial charge < -0.3 is 14.6 Å². The maximum absolute atomic E-state index is 12.9. The molecule has 2 fully saturated rings. The summed E-state index contributed by atoms with van der Waals surface area (Å²) in [6.45, 7) is 1.83. The lowest BCUT2D eigenvalue weighted by Crippen LogP contribution is -2.48. The molecule has 1 amide bonds. The fourth-order valence-electron chi connectivity index (χ4n) is 4.89. The number of carbonyl (C=O) groups excluding carboxylic acids is 1. The summed E-state index contributed by atoms with van der Waals surface area (Å²) in [6, 6.07) is 9.59. The number of rotatable bonds is 5. The van der Waals surface area contributed by atoms with E-state index in [1.54, 1.807) is 0 Å². The monoisotopic (exact) mass is 393 g/mol. The molecule has 1 spiro atoms. The Hall–Kier alpha value is -2.63. The van der Waals surface area contributed by atoms with Crippen LogP contribution in [-0.4, -0.2) is 40.5 Å². The predicted molar refractivity (Wildman–Crippen MR) is 109 cm³/mol. The van der Waals surface area contributed by atoms with E-state index in [1.807, 2.05) is 35.2 Å². The first-order valence-electron chi connectivity index (χ1n) is 10.7. The van der Waals surface area contributed by atoms with Crippen molar-refractivity contribution in [2.45, 2.75) is 56.3 Å². The van der Waals surface area contributed by atoms with Crippen molar-refractivity contribution in [3.05, 3.63) is 57.8 Å². The van der Waals surface area contributed by atoms with Gasteiger partial charge in [0.25, 0.3) is 5.56 Å². The maximum Gasteiger partial charge on any atom is 0.254 e. The Labute approximate surface area is 170 Å². The average Bonchev–Trinajstić information content (AvgIpc) is 3.54. The summed E-state index contributed by atoms with van der Waals surface area (Å²) in [4.78, 5) is 35.3. The van der Waals surface area contributed by atoms with Gasteiger partial charge in [0, 0.05) is 30.0 Å². The van der Waals surface area contributed by atoms with Crippen molar-refractivity contribution >= 4 is 5.91 Å². The van der Waals surface area contributed by atoms with Crippen molar-refractivity contribution in [2.75, 3.05) is 19.7 Å². The standard InChI is InChI=1S/C23H27N3O3/c27-19(10-14-29-17-5-2-1-3-6-17)26-13-4-11-23(15-26)12-9-18-20(23)24-21(16-7-8-16)25-22(18)28/h1-3,5-6,16H,4,7-15H2,(H,24,25,28). The van der Waals surface area contributed by atoms with Crippen LogP contribution in [0.5, 0.6) is 5.75 Å². The summed E-state index contributed by atoms with van der Waals surface area (Å²) >= 11 is 0. The number of H-pyrrole nitrogens is 1. The molecule has 3 aliphatic rings. The Morgan fingerprint density at radius 3 is 2.86 bits per heavy atom. The third-order valence-electron chi connectivity index (χ3n) is 6.61. The summed E-state index contributed by atoms with van der Waals surface area (Å²) in [5, 5.41) is 0. The van der Waals surface area contributed by atoms with Crippen LogP contribution >= 0.6 is 0 Å². The fraction of sp³-hybridized carbons (Fsp3) is 0.522. The Morgan fingerprint density at radius 2 is 2.07 bits per heavy atom. The van der Waals surface area contributed by atoms with Crippen LogP contribution in [-0.2, 0) is 16.6 Å². The van der Waals surface area contributed by atoms with E-state index >= 15 is 0 Å². The average molecular weight is 393 g/mol. The molecule has 2 aromatic rings. The van der Waals surface area contributed by atoms with Crippen LogP contribution in [0.25, 0.3) is 0 Å². The van der Waals surface area contributed by atoms with Crippen LogP contribution in [0.1, 0.15) is 61.5 Å². The van der Waals surface area contributed by atoms with E-state index < -0.39 is 0 Å². The molecule has 2 aliphatic carbocycles. The topological polar surface area (TPSA) is 75.3 Å². The highest BCUT2D eigenvalue weighted by atomic mass is 16.5. The van der Waals surface area contributed by atoms with Gasteiger partial charge >= 0.3 is 0 Å². The predicted octanol–water partition coefficient (Wildman–Crippen LogP) is 2.92. The van der Waals surface area contributed by atoms with Gasteiger partial charge in [-0.2, -0.15) is 0 Å². The van der Waals surface area contributed by atoms with Gasteiger partial charge in [-0.05, 0) is 50.7 Å². The molecule has 29 heavy (non-hydrogen) atoms. The minimum absolute atomic E-state index is 0.0356. The van der Waals surface area contributed by atoms with Crippen molar-refractivity contribution in [1.29, 1.82) is 0 Å². The number of nitrogens with one attached hydrogen (secondary N) is 1. The number of piperidine rings is 1. The van der Waals surface area contributed by atoms with Crippen LogP contribution in [0.2, 0.25) is 0 Å². The van der Waals surface area contributed by atoms with E-state index in [0.717, 1.165) is 67.9 Å². The molecule has 2 heterocycles. The number of benzene rings is 1. The molecule has 0 radical (unpaired) electrons. The SMILES string of the molecule is O=C(CCOc1ccccc1)N1CCCC2(CCc3c2nc(C2CC2)[nH]c3=O)C1. The molecular weight excluding hydrogens is 366 g/mol. The van der Waals surface area contributed by atoms with Crippen LogP contribution < -0.4 is 10.3 Å². The summed E-state index contributed by atoms with van der Waals surface area (Å²) in [5.41, 5.74) is 1.70. The summed E-state index contributed by atoms with van der Waals surface area (Å²) < 4.78 is 5.70. The number of fused-ring (bicyclic) bond motifs is 2. The van der Waals surface area contributed by atoms with Gasteiger partial charge in [0.1, 0.15) is 11.6 Å². The second-order valence-electron chi connectivity index (χ2n) is 8.66. The third-order valence-corrected chi connectivity index (χ3v) is 6.61. The van der Waals surface area contributed by atoms with Crippen molar-refractivity contribution in [2.24, 2.45) is 0 Å². The highest BCUT2D eigenvalue weighted by Gasteiger charge is 2.46.